The second-order valence-electron chi connectivity index (χ2n) is 8.79. The van der Waals surface area contributed by atoms with Crippen molar-refractivity contribution in [1.29, 1.82) is 0 Å². The van der Waals surface area contributed by atoms with Crippen LogP contribution in [0.1, 0.15) is 40.1 Å². The van der Waals surface area contributed by atoms with Gasteiger partial charge in [-0.3, -0.25) is 9.59 Å². The SMILES string of the molecule is Cc1ccccc1C(=O)N1CCN(c2ccc(NC(=O)c3cccc(OC(C)C)c3)cc2)CC1. The molecule has 3 aromatic carbocycles. The molecule has 1 saturated heterocycles. The van der Waals surface area contributed by atoms with Crippen LogP contribution >= 0.6 is 0 Å². The first kappa shape index (κ1) is 23.4. The molecule has 0 radical (unpaired) electrons. The van der Waals surface area contributed by atoms with Gasteiger partial charge in [-0.25, -0.2) is 0 Å². The van der Waals surface area contributed by atoms with Crippen molar-refractivity contribution in [3.8, 4) is 5.75 Å². The molecule has 4 rings (SSSR count). The Labute approximate surface area is 201 Å². The summed E-state index contributed by atoms with van der Waals surface area (Å²) in [6, 6.07) is 22.7. The summed E-state index contributed by atoms with van der Waals surface area (Å²) in [5.41, 5.74) is 4.14. The molecular formula is C28H31N3O3. The van der Waals surface area contributed by atoms with Gasteiger partial charge >= 0.3 is 0 Å². The van der Waals surface area contributed by atoms with Crippen LogP contribution in [-0.4, -0.2) is 49.0 Å². The summed E-state index contributed by atoms with van der Waals surface area (Å²) in [5.74, 6) is 0.599. The van der Waals surface area contributed by atoms with E-state index in [0.717, 1.165) is 35.6 Å². The number of piperazine rings is 1. The highest BCUT2D eigenvalue weighted by molar-refractivity contribution is 6.04. The molecule has 1 N–H and O–H groups in total. The summed E-state index contributed by atoms with van der Waals surface area (Å²) in [4.78, 5) is 29.7. The van der Waals surface area contributed by atoms with Gasteiger partial charge in [0.1, 0.15) is 5.75 Å². The zero-order valence-electron chi connectivity index (χ0n) is 20.0. The highest BCUT2D eigenvalue weighted by Gasteiger charge is 2.23. The Morgan fingerprint density at radius 1 is 0.882 bits per heavy atom. The van der Waals surface area contributed by atoms with Crippen molar-refractivity contribution in [2.24, 2.45) is 0 Å². The summed E-state index contributed by atoms with van der Waals surface area (Å²) in [7, 11) is 0. The van der Waals surface area contributed by atoms with E-state index in [2.05, 4.69) is 10.2 Å². The van der Waals surface area contributed by atoms with Gasteiger partial charge in [0.15, 0.2) is 0 Å². The molecule has 1 heterocycles. The second kappa shape index (κ2) is 10.4. The van der Waals surface area contributed by atoms with Gasteiger partial charge in [0.25, 0.3) is 11.8 Å². The lowest BCUT2D eigenvalue weighted by Gasteiger charge is -2.36. The van der Waals surface area contributed by atoms with E-state index in [1.54, 1.807) is 12.1 Å². The largest absolute Gasteiger partial charge is 0.491 e. The van der Waals surface area contributed by atoms with Crippen LogP contribution in [0, 0.1) is 6.92 Å². The Morgan fingerprint density at radius 3 is 2.26 bits per heavy atom. The van der Waals surface area contributed by atoms with E-state index in [0.29, 0.717) is 24.4 Å². The molecule has 6 heteroatoms. The Bertz CT molecular complexity index is 1150. The fourth-order valence-electron chi connectivity index (χ4n) is 4.09. The molecule has 6 nitrogen and oxygen atoms in total. The van der Waals surface area contributed by atoms with Gasteiger partial charge in [0.05, 0.1) is 6.10 Å². The van der Waals surface area contributed by atoms with Crippen molar-refractivity contribution >= 4 is 23.2 Å². The average molecular weight is 458 g/mol. The first-order chi connectivity index (χ1) is 16.4. The van der Waals surface area contributed by atoms with Crippen LogP contribution in [0.2, 0.25) is 0 Å². The molecule has 0 spiro atoms. The van der Waals surface area contributed by atoms with Gasteiger partial charge in [0, 0.05) is 48.7 Å². The topological polar surface area (TPSA) is 61.9 Å². The third kappa shape index (κ3) is 5.57. The minimum atomic E-state index is -0.176. The monoisotopic (exact) mass is 457 g/mol. The summed E-state index contributed by atoms with van der Waals surface area (Å²) >= 11 is 0. The van der Waals surface area contributed by atoms with E-state index >= 15 is 0 Å². The highest BCUT2D eigenvalue weighted by Crippen LogP contribution is 2.22. The molecule has 1 aliphatic rings. The first-order valence-corrected chi connectivity index (χ1v) is 11.7. The lowest BCUT2D eigenvalue weighted by Crippen LogP contribution is -2.48. The fraction of sp³-hybridized carbons (Fsp3) is 0.286. The number of amides is 2. The maximum atomic E-state index is 12.9. The van der Waals surface area contributed by atoms with Crippen molar-refractivity contribution in [3.05, 3.63) is 89.5 Å². The smallest absolute Gasteiger partial charge is 0.255 e. The molecular weight excluding hydrogens is 426 g/mol. The van der Waals surface area contributed by atoms with E-state index in [-0.39, 0.29) is 17.9 Å². The third-order valence-electron chi connectivity index (χ3n) is 5.90. The van der Waals surface area contributed by atoms with Gasteiger partial charge < -0.3 is 19.9 Å². The maximum Gasteiger partial charge on any atom is 0.255 e. The Morgan fingerprint density at radius 2 is 1.59 bits per heavy atom. The molecule has 3 aromatic rings. The lowest BCUT2D eigenvalue weighted by molar-refractivity contribution is 0.0746. The molecule has 0 aliphatic carbocycles. The van der Waals surface area contributed by atoms with E-state index in [1.165, 1.54) is 0 Å². The number of carbonyl (C=O) groups excluding carboxylic acids is 2. The molecule has 2 amide bonds. The molecule has 0 aromatic heterocycles. The second-order valence-corrected chi connectivity index (χ2v) is 8.79. The molecule has 0 atom stereocenters. The normalized spacial score (nSPS) is 13.6. The number of anilines is 2. The van der Waals surface area contributed by atoms with Crippen LogP contribution < -0.4 is 15.0 Å². The molecule has 0 unspecified atom stereocenters. The fourth-order valence-corrected chi connectivity index (χ4v) is 4.09. The molecule has 0 bridgehead atoms. The quantitative estimate of drug-likeness (QED) is 0.566. The molecule has 1 fully saturated rings. The number of ether oxygens (including phenoxy) is 1. The highest BCUT2D eigenvalue weighted by atomic mass is 16.5. The summed E-state index contributed by atoms with van der Waals surface area (Å²) in [6.07, 6.45) is 0.0493. The minimum Gasteiger partial charge on any atom is -0.491 e. The van der Waals surface area contributed by atoms with Crippen LogP contribution in [0.25, 0.3) is 0 Å². The summed E-state index contributed by atoms with van der Waals surface area (Å²) in [6.45, 7) is 8.78. The zero-order valence-corrected chi connectivity index (χ0v) is 20.0. The minimum absolute atomic E-state index is 0.0493. The molecule has 176 valence electrons. The van der Waals surface area contributed by atoms with Gasteiger partial charge in [-0.15, -0.1) is 0 Å². The molecule has 0 saturated carbocycles. The number of carbonyl (C=O) groups is 2. The van der Waals surface area contributed by atoms with Crippen LogP contribution in [0.5, 0.6) is 5.75 Å². The maximum absolute atomic E-state index is 12.9. The average Bonchev–Trinajstić information content (AvgIpc) is 2.84. The first-order valence-electron chi connectivity index (χ1n) is 11.7. The van der Waals surface area contributed by atoms with Crippen LogP contribution in [0.15, 0.2) is 72.8 Å². The number of rotatable bonds is 6. The predicted molar refractivity (Wildman–Crippen MR) is 136 cm³/mol. The van der Waals surface area contributed by atoms with E-state index < -0.39 is 0 Å². The van der Waals surface area contributed by atoms with E-state index in [1.807, 2.05) is 86.3 Å². The van der Waals surface area contributed by atoms with Crippen molar-refractivity contribution in [3.63, 3.8) is 0 Å². The van der Waals surface area contributed by atoms with Crippen molar-refractivity contribution in [1.82, 2.24) is 4.90 Å². The summed E-state index contributed by atoms with van der Waals surface area (Å²) in [5, 5.41) is 2.95. The number of hydrogen-bond donors (Lipinski definition) is 1. The van der Waals surface area contributed by atoms with Gasteiger partial charge in [0.2, 0.25) is 0 Å². The van der Waals surface area contributed by atoms with Gasteiger partial charge in [-0.1, -0.05) is 24.3 Å². The molecule has 1 aliphatic heterocycles. The lowest BCUT2D eigenvalue weighted by atomic mass is 10.1. The molecule has 34 heavy (non-hydrogen) atoms. The van der Waals surface area contributed by atoms with Crippen LogP contribution in [-0.2, 0) is 0 Å². The van der Waals surface area contributed by atoms with E-state index in [9.17, 15) is 9.59 Å². The standard InChI is InChI=1S/C28H31N3O3/c1-20(2)34-25-9-6-8-22(19-25)27(32)29-23-11-13-24(14-12-23)30-15-17-31(18-16-30)28(33)26-10-5-4-7-21(26)3/h4-14,19-20H,15-18H2,1-3H3,(H,29,32). The van der Waals surface area contributed by atoms with Gasteiger partial charge in [-0.05, 0) is 74.9 Å². The Balaban J connectivity index is 1.33. The number of nitrogens with zero attached hydrogens (tertiary/aromatic N) is 2. The van der Waals surface area contributed by atoms with Crippen LogP contribution in [0.4, 0.5) is 11.4 Å². The Kier molecular flexibility index (Phi) is 7.16. The number of aryl methyl sites for hydroxylation is 1. The number of benzene rings is 3. The van der Waals surface area contributed by atoms with E-state index in [4.69, 9.17) is 4.74 Å². The number of nitrogens with one attached hydrogen (secondary N) is 1. The number of hydrogen-bond acceptors (Lipinski definition) is 4. The predicted octanol–water partition coefficient (Wildman–Crippen LogP) is 5.00. The van der Waals surface area contributed by atoms with Crippen molar-refractivity contribution in [2.75, 3.05) is 36.4 Å². The zero-order chi connectivity index (χ0) is 24.1. The van der Waals surface area contributed by atoms with Gasteiger partial charge in [-0.2, -0.15) is 0 Å². The third-order valence-corrected chi connectivity index (χ3v) is 5.90. The van der Waals surface area contributed by atoms with Crippen molar-refractivity contribution in [2.45, 2.75) is 26.9 Å². The Hall–Kier alpha value is -3.80. The van der Waals surface area contributed by atoms with Crippen LogP contribution in [0.3, 0.4) is 0 Å². The summed E-state index contributed by atoms with van der Waals surface area (Å²) < 4.78 is 5.68. The van der Waals surface area contributed by atoms with Crippen molar-refractivity contribution < 1.29 is 14.3 Å².